The summed E-state index contributed by atoms with van der Waals surface area (Å²) in [5.74, 6) is -0.327. The van der Waals surface area contributed by atoms with Gasteiger partial charge in [-0.25, -0.2) is 4.39 Å². The van der Waals surface area contributed by atoms with Crippen LogP contribution in [0.15, 0.2) is 60.4 Å². The Labute approximate surface area is 186 Å². The molecule has 155 valence electrons. The molecule has 1 N–H and O–H groups in total. The SMILES string of the molecule is CC(=O)/C=C(/C)O.C[Si](C)(C)c1ccc2nc(-c3[c-]ccc(F)c3)ccc2c1.[Ir]. The van der Waals surface area contributed by atoms with Crippen molar-refractivity contribution in [3.05, 3.63) is 72.2 Å². The summed E-state index contributed by atoms with van der Waals surface area (Å²) in [5, 5.41) is 10.9. The Hall–Kier alpha value is -2.14. The third-order valence-electron chi connectivity index (χ3n) is 4.01. The van der Waals surface area contributed by atoms with Crippen LogP contribution in [0.25, 0.3) is 22.2 Å². The number of carbonyl (C=O) groups excluding carboxylic acids is 1. The molecule has 0 aliphatic rings. The van der Waals surface area contributed by atoms with Crippen molar-refractivity contribution in [2.24, 2.45) is 0 Å². The second-order valence-corrected chi connectivity index (χ2v) is 12.7. The van der Waals surface area contributed by atoms with Gasteiger partial charge in [0.15, 0.2) is 5.78 Å². The summed E-state index contributed by atoms with van der Waals surface area (Å²) in [4.78, 5) is 14.6. The fourth-order valence-corrected chi connectivity index (χ4v) is 3.79. The third kappa shape index (κ3) is 7.65. The van der Waals surface area contributed by atoms with Gasteiger partial charge in [-0.2, -0.15) is 0 Å². The van der Waals surface area contributed by atoms with E-state index in [1.54, 1.807) is 6.07 Å². The molecule has 0 atom stereocenters. The van der Waals surface area contributed by atoms with Crippen molar-refractivity contribution in [1.82, 2.24) is 4.98 Å². The molecule has 0 unspecified atom stereocenters. The van der Waals surface area contributed by atoms with Crippen LogP contribution in [0, 0.1) is 11.9 Å². The summed E-state index contributed by atoms with van der Waals surface area (Å²) in [6.45, 7) is 9.84. The van der Waals surface area contributed by atoms with E-state index in [0.717, 1.165) is 16.6 Å². The first-order valence-corrected chi connectivity index (χ1v) is 12.5. The Morgan fingerprint density at radius 1 is 1.10 bits per heavy atom. The van der Waals surface area contributed by atoms with Gasteiger partial charge in [0.1, 0.15) is 0 Å². The third-order valence-corrected chi connectivity index (χ3v) is 6.05. The summed E-state index contributed by atoms with van der Waals surface area (Å²) in [5.41, 5.74) is 2.38. The second kappa shape index (κ2) is 10.6. The molecule has 1 radical (unpaired) electrons. The van der Waals surface area contributed by atoms with E-state index in [1.165, 1.54) is 37.2 Å². The maximum atomic E-state index is 13.3. The van der Waals surface area contributed by atoms with Gasteiger partial charge in [-0.1, -0.05) is 49.1 Å². The summed E-state index contributed by atoms with van der Waals surface area (Å²) < 4.78 is 13.3. The summed E-state index contributed by atoms with van der Waals surface area (Å²) in [7, 11) is -1.32. The molecular weight excluding hydrogens is 562 g/mol. The van der Waals surface area contributed by atoms with E-state index in [9.17, 15) is 9.18 Å². The predicted octanol–water partition coefficient (Wildman–Crippen LogP) is 5.42. The molecular formula is C23H25FIrNO2Si-. The first-order chi connectivity index (χ1) is 13.1. The van der Waals surface area contributed by atoms with Crippen LogP contribution < -0.4 is 5.19 Å². The molecule has 0 amide bonds. The van der Waals surface area contributed by atoms with Crippen molar-refractivity contribution in [3.8, 4) is 11.3 Å². The number of aliphatic hydroxyl groups excluding tert-OH is 1. The average molecular weight is 587 g/mol. The van der Waals surface area contributed by atoms with Crippen molar-refractivity contribution >= 4 is 29.9 Å². The minimum absolute atomic E-state index is 0. The van der Waals surface area contributed by atoms with Crippen molar-refractivity contribution in [3.63, 3.8) is 0 Å². The molecule has 3 rings (SSSR count). The number of hydrogen-bond acceptors (Lipinski definition) is 3. The van der Waals surface area contributed by atoms with Crippen LogP contribution in [0.3, 0.4) is 0 Å². The Kier molecular flexibility index (Phi) is 9.08. The minimum Gasteiger partial charge on any atom is -0.512 e. The zero-order valence-corrected chi connectivity index (χ0v) is 20.6. The van der Waals surface area contributed by atoms with Gasteiger partial charge in [0.2, 0.25) is 0 Å². The zero-order chi connectivity index (χ0) is 20.9. The molecule has 0 bridgehead atoms. The van der Waals surface area contributed by atoms with Crippen LogP contribution in [0.4, 0.5) is 4.39 Å². The van der Waals surface area contributed by atoms with E-state index in [-0.39, 0.29) is 37.5 Å². The molecule has 6 heteroatoms. The minimum atomic E-state index is -1.32. The van der Waals surface area contributed by atoms with Crippen molar-refractivity contribution < 1.29 is 34.4 Å². The number of ketones is 1. The molecule has 3 nitrogen and oxygen atoms in total. The Balaban J connectivity index is 0.000000456. The first kappa shape index (κ1) is 24.9. The van der Waals surface area contributed by atoms with Gasteiger partial charge in [-0.05, 0) is 31.0 Å². The molecule has 0 saturated heterocycles. The van der Waals surface area contributed by atoms with Gasteiger partial charge in [-0.15, -0.1) is 29.8 Å². The van der Waals surface area contributed by atoms with Crippen LogP contribution in [0.5, 0.6) is 0 Å². The largest absolute Gasteiger partial charge is 0.512 e. The predicted molar refractivity (Wildman–Crippen MR) is 116 cm³/mol. The number of hydrogen-bond donors (Lipinski definition) is 1. The number of benzene rings is 2. The van der Waals surface area contributed by atoms with Crippen LogP contribution in [-0.2, 0) is 24.9 Å². The van der Waals surface area contributed by atoms with Crippen molar-refractivity contribution in [2.45, 2.75) is 33.5 Å². The number of allylic oxidation sites excluding steroid dienone is 2. The fraction of sp³-hybridized carbons (Fsp3) is 0.217. The van der Waals surface area contributed by atoms with E-state index in [0.29, 0.717) is 5.56 Å². The maximum absolute atomic E-state index is 13.3. The quantitative estimate of drug-likeness (QED) is 0.193. The van der Waals surface area contributed by atoms with E-state index >= 15 is 0 Å². The molecule has 2 aromatic carbocycles. The molecule has 0 fully saturated rings. The van der Waals surface area contributed by atoms with Gasteiger partial charge in [-0.3, -0.25) is 9.78 Å². The number of fused-ring (bicyclic) bond motifs is 1. The first-order valence-electron chi connectivity index (χ1n) is 9.03. The van der Waals surface area contributed by atoms with Crippen LogP contribution in [0.1, 0.15) is 13.8 Å². The molecule has 3 aromatic rings. The van der Waals surface area contributed by atoms with Gasteiger partial charge < -0.3 is 5.11 Å². The van der Waals surface area contributed by atoms with Crippen molar-refractivity contribution in [1.29, 1.82) is 0 Å². The van der Waals surface area contributed by atoms with E-state index < -0.39 is 8.07 Å². The van der Waals surface area contributed by atoms with Crippen LogP contribution >= 0.6 is 0 Å². The monoisotopic (exact) mass is 587 g/mol. The Bertz CT molecular complexity index is 1020. The van der Waals surface area contributed by atoms with Gasteiger partial charge in [0, 0.05) is 32.0 Å². The smallest absolute Gasteiger partial charge is 0.155 e. The van der Waals surface area contributed by atoms with Crippen molar-refractivity contribution in [2.75, 3.05) is 0 Å². The zero-order valence-electron chi connectivity index (χ0n) is 17.2. The topological polar surface area (TPSA) is 50.2 Å². The second-order valence-electron chi connectivity index (χ2n) is 7.67. The molecule has 1 heterocycles. The fourth-order valence-electron chi connectivity index (χ4n) is 2.62. The molecule has 0 aliphatic carbocycles. The number of aromatic nitrogens is 1. The van der Waals surface area contributed by atoms with E-state index in [2.05, 4.69) is 55.0 Å². The summed E-state index contributed by atoms with van der Waals surface area (Å²) >= 11 is 0. The van der Waals surface area contributed by atoms with Crippen LogP contribution in [-0.4, -0.2) is 23.9 Å². The van der Waals surface area contributed by atoms with Gasteiger partial charge >= 0.3 is 0 Å². The Morgan fingerprint density at radius 3 is 2.31 bits per heavy atom. The number of pyridine rings is 1. The Morgan fingerprint density at radius 2 is 1.79 bits per heavy atom. The van der Waals surface area contributed by atoms with Gasteiger partial charge in [0.25, 0.3) is 0 Å². The standard InChI is InChI=1S/C18H17FNSi.C5H8O2.Ir/c1-21(2,3)16-8-10-18-14(12-16)7-9-17(20-18)13-5-4-6-15(19)11-13;1-4(6)3-5(2)7;/h4,6-12H,1-3H3;3,6H,1-2H3;/q-1;;/b;4-3-;. The number of rotatable bonds is 3. The average Bonchev–Trinajstić information content (AvgIpc) is 2.59. The number of halogens is 1. The van der Waals surface area contributed by atoms with Gasteiger partial charge in [0.05, 0.1) is 19.3 Å². The van der Waals surface area contributed by atoms with Crippen LogP contribution in [0.2, 0.25) is 19.6 Å². The molecule has 0 spiro atoms. The molecule has 1 aromatic heterocycles. The van der Waals surface area contributed by atoms with E-state index in [4.69, 9.17) is 5.11 Å². The number of carbonyl (C=O) groups is 1. The summed E-state index contributed by atoms with van der Waals surface area (Å²) in [6, 6.07) is 17.9. The summed E-state index contributed by atoms with van der Waals surface area (Å²) in [6.07, 6.45) is 1.17. The van der Waals surface area contributed by atoms with E-state index in [1.807, 2.05) is 6.07 Å². The normalized spacial score (nSPS) is 11.3. The molecule has 0 saturated carbocycles. The maximum Gasteiger partial charge on any atom is 0.155 e. The number of aliphatic hydroxyl groups is 1. The number of nitrogens with zero attached hydrogens (tertiary/aromatic N) is 1. The molecule has 29 heavy (non-hydrogen) atoms. The molecule has 0 aliphatic heterocycles.